The van der Waals surface area contributed by atoms with Crippen LogP contribution in [0.1, 0.15) is 15.9 Å². The van der Waals surface area contributed by atoms with Crippen molar-refractivity contribution in [1.29, 1.82) is 0 Å². The molecule has 0 aliphatic carbocycles. The first kappa shape index (κ1) is 19.6. The molecule has 0 saturated heterocycles. The second-order valence-electron chi connectivity index (χ2n) is 5.89. The van der Waals surface area contributed by atoms with Crippen LogP contribution < -0.4 is 10.9 Å². The van der Waals surface area contributed by atoms with Crippen LogP contribution in [-0.4, -0.2) is 15.4 Å². The standard InChI is InChI=1S/C19H13Cl2N3O4/c20-16-6-5-14(9-17(16)21)22-19(26)13-4-7-18(25)23(11-13)10-12-2-1-3-15(8-12)24(27)28/h1-9,11H,10H2,(H,22,26). The fraction of sp³-hybridized carbons (Fsp3) is 0.0526. The van der Waals surface area contributed by atoms with Crippen molar-refractivity contribution in [3.05, 3.63) is 102 Å². The summed E-state index contributed by atoms with van der Waals surface area (Å²) in [5.41, 5.74) is 0.863. The van der Waals surface area contributed by atoms with Crippen molar-refractivity contribution in [2.75, 3.05) is 5.32 Å². The van der Waals surface area contributed by atoms with E-state index in [1.807, 2.05) is 0 Å². The van der Waals surface area contributed by atoms with Crippen LogP contribution in [0.25, 0.3) is 0 Å². The number of nitrogens with zero attached hydrogens (tertiary/aromatic N) is 2. The average Bonchev–Trinajstić information content (AvgIpc) is 2.66. The zero-order chi connectivity index (χ0) is 20.3. The number of hydrogen-bond acceptors (Lipinski definition) is 4. The summed E-state index contributed by atoms with van der Waals surface area (Å²) < 4.78 is 1.31. The van der Waals surface area contributed by atoms with Gasteiger partial charge in [0, 0.05) is 30.1 Å². The van der Waals surface area contributed by atoms with Gasteiger partial charge < -0.3 is 9.88 Å². The molecule has 1 amide bonds. The van der Waals surface area contributed by atoms with Gasteiger partial charge in [-0.15, -0.1) is 0 Å². The number of amides is 1. The number of rotatable bonds is 5. The molecule has 9 heteroatoms. The van der Waals surface area contributed by atoms with Crippen LogP contribution in [0.5, 0.6) is 0 Å². The first-order valence-corrected chi connectivity index (χ1v) is 8.79. The van der Waals surface area contributed by atoms with E-state index in [1.165, 1.54) is 41.1 Å². The summed E-state index contributed by atoms with van der Waals surface area (Å²) in [6.07, 6.45) is 1.40. The molecule has 2 aromatic carbocycles. The molecule has 0 bridgehead atoms. The topological polar surface area (TPSA) is 94.2 Å². The van der Waals surface area contributed by atoms with Crippen LogP contribution in [0, 0.1) is 10.1 Å². The number of carbonyl (C=O) groups excluding carboxylic acids is 1. The van der Waals surface area contributed by atoms with Gasteiger partial charge in [0.1, 0.15) is 0 Å². The third-order valence-corrected chi connectivity index (χ3v) is 4.64. The highest BCUT2D eigenvalue weighted by Gasteiger charge is 2.11. The second-order valence-corrected chi connectivity index (χ2v) is 6.71. The minimum atomic E-state index is -0.507. The maximum absolute atomic E-state index is 12.5. The molecule has 1 heterocycles. The van der Waals surface area contributed by atoms with Gasteiger partial charge >= 0.3 is 0 Å². The quantitative estimate of drug-likeness (QED) is 0.492. The molecule has 3 rings (SSSR count). The molecule has 7 nitrogen and oxygen atoms in total. The molecule has 0 aliphatic heterocycles. The minimum Gasteiger partial charge on any atom is -0.322 e. The average molecular weight is 418 g/mol. The van der Waals surface area contributed by atoms with Gasteiger partial charge in [0.25, 0.3) is 17.2 Å². The number of aromatic nitrogens is 1. The molecule has 28 heavy (non-hydrogen) atoms. The van der Waals surface area contributed by atoms with Crippen LogP contribution in [-0.2, 0) is 6.54 Å². The lowest BCUT2D eigenvalue weighted by atomic mass is 10.2. The van der Waals surface area contributed by atoms with E-state index in [0.717, 1.165) is 0 Å². The van der Waals surface area contributed by atoms with E-state index in [0.29, 0.717) is 21.3 Å². The van der Waals surface area contributed by atoms with Crippen LogP contribution in [0.15, 0.2) is 65.6 Å². The zero-order valence-corrected chi connectivity index (χ0v) is 15.8. The summed E-state index contributed by atoms with van der Waals surface area (Å²) >= 11 is 11.8. The van der Waals surface area contributed by atoms with Gasteiger partial charge in [-0.25, -0.2) is 0 Å². The number of nitro benzene ring substituents is 1. The highest BCUT2D eigenvalue weighted by molar-refractivity contribution is 6.42. The summed E-state index contributed by atoms with van der Waals surface area (Å²) in [6, 6.07) is 13.3. The van der Waals surface area contributed by atoms with Crippen molar-refractivity contribution in [2.24, 2.45) is 0 Å². The number of nitrogens with one attached hydrogen (secondary N) is 1. The van der Waals surface area contributed by atoms with Gasteiger partial charge in [0.05, 0.1) is 27.1 Å². The molecular formula is C19H13Cl2N3O4. The maximum atomic E-state index is 12.5. The van der Waals surface area contributed by atoms with Gasteiger partial charge in [0.2, 0.25) is 0 Å². The molecule has 0 radical (unpaired) electrons. The Morgan fingerprint density at radius 3 is 2.57 bits per heavy atom. The third-order valence-electron chi connectivity index (χ3n) is 3.90. The van der Waals surface area contributed by atoms with Crippen LogP contribution in [0.3, 0.4) is 0 Å². The first-order chi connectivity index (χ1) is 13.3. The summed E-state index contributed by atoms with van der Waals surface area (Å²) in [5, 5.41) is 14.2. The Morgan fingerprint density at radius 1 is 1.07 bits per heavy atom. The Kier molecular flexibility index (Phi) is 5.77. The van der Waals surface area contributed by atoms with E-state index in [-0.39, 0.29) is 23.4 Å². The Labute approximate surface area is 169 Å². The monoisotopic (exact) mass is 417 g/mol. The fourth-order valence-corrected chi connectivity index (χ4v) is 2.83. The van der Waals surface area contributed by atoms with E-state index < -0.39 is 10.8 Å². The molecular weight excluding hydrogens is 405 g/mol. The van der Waals surface area contributed by atoms with Crippen molar-refractivity contribution in [3.8, 4) is 0 Å². The zero-order valence-electron chi connectivity index (χ0n) is 14.3. The molecule has 0 atom stereocenters. The van der Waals surface area contributed by atoms with Crippen molar-refractivity contribution < 1.29 is 9.72 Å². The van der Waals surface area contributed by atoms with Gasteiger partial charge in [-0.2, -0.15) is 0 Å². The first-order valence-electron chi connectivity index (χ1n) is 8.04. The molecule has 0 spiro atoms. The lowest BCUT2D eigenvalue weighted by Crippen LogP contribution is -2.22. The van der Waals surface area contributed by atoms with Gasteiger partial charge in [0.15, 0.2) is 0 Å². The SMILES string of the molecule is O=C(Nc1ccc(Cl)c(Cl)c1)c1ccc(=O)n(Cc2cccc([N+](=O)[O-])c2)c1. The van der Waals surface area contributed by atoms with Gasteiger partial charge in [-0.1, -0.05) is 35.3 Å². The third kappa shape index (κ3) is 4.57. The Morgan fingerprint density at radius 2 is 1.86 bits per heavy atom. The van der Waals surface area contributed by atoms with E-state index in [1.54, 1.807) is 24.3 Å². The number of halogens is 2. The number of carbonyl (C=O) groups is 1. The number of benzene rings is 2. The number of hydrogen-bond donors (Lipinski definition) is 1. The number of pyridine rings is 1. The normalized spacial score (nSPS) is 10.5. The predicted molar refractivity (Wildman–Crippen MR) is 107 cm³/mol. The largest absolute Gasteiger partial charge is 0.322 e. The maximum Gasteiger partial charge on any atom is 0.269 e. The van der Waals surface area contributed by atoms with Crippen molar-refractivity contribution in [1.82, 2.24) is 4.57 Å². The number of anilines is 1. The molecule has 142 valence electrons. The lowest BCUT2D eigenvalue weighted by molar-refractivity contribution is -0.384. The number of nitro groups is 1. The van der Waals surface area contributed by atoms with Gasteiger partial charge in [-0.3, -0.25) is 19.7 Å². The highest BCUT2D eigenvalue weighted by Crippen LogP contribution is 2.25. The summed E-state index contributed by atoms with van der Waals surface area (Å²) in [6.45, 7) is 0.0917. The molecule has 0 fully saturated rings. The summed E-state index contributed by atoms with van der Waals surface area (Å²) in [5.74, 6) is -0.439. The van der Waals surface area contributed by atoms with Crippen LogP contribution >= 0.6 is 23.2 Å². The Balaban J connectivity index is 1.83. The molecule has 0 saturated carbocycles. The summed E-state index contributed by atoms with van der Waals surface area (Å²) in [7, 11) is 0. The molecule has 3 aromatic rings. The van der Waals surface area contributed by atoms with Crippen molar-refractivity contribution in [2.45, 2.75) is 6.54 Å². The van der Waals surface area contributed by atoms with Gasteiger partial charge in [-0.05, 0) is 29.8 Å². The van der Waals surface area contributed by atoms with E-state index >= 15 is 0 Å². The second kappa shape index (κ2) is 8.24. The fourth-order valence-electron chi connectivity index (χ4n) is 2.53. The Bertz CT molecular complexity index is 1130. The van der Waals surface area contributed by atoms with E-state index in [9.17, 15) is 19.7 Å². The Hall–Kier alpha value is -3.16. The molecule has 0 aliphatic rings. The predicted octanol–water partition coefficient (Wildman–Crippen LogP) is 4.36. The minimum absolute atomic E-state index is 0.0703. The van der Waals surface area contributed by atoms with Crippen molar-refractivity contribution >= 4 is 40.5 Å². The lowest BCUT2D eigenvalue weighted by Gasteiger charge is -2.10. The molecule has 0 unspecified atom stereocenters. The number of non-ortho nitro benzene ring substituents is 1. The van der Waals surface area contributed by atoms with E-state index in [2.05, 4.69) is 5.32 Å². The smallest absolute Gasteiger partial charge is 0.269 e. The van der Waals surface area contributed by atoms with Crippen LogP contribution in [0.2, 0.25) is 10.0 Å². The molecule has 1 aromatic heterocycles. The van der Waals surface area contributed by atoms with Crippen LogP contribution in [0.4, 0.5) is 11.4 Å². The van der Waals surface area contributed by atoms with E-state index in [4.69, 9.17) is 23.2 Å². The molecule has 1 N–H and O–H groups in total. The highest BCUT2D eigenvalue weighted by atomic mass is 35.5. The van der Waals surface area contributed by atoms with Crippen molar-refractivity contribution in [3.63, 3.8) is 0 Å². The summed E-state index contributed by atoms with van der Waals surface area (Å²) in [4.78, 5) is 35.0.